The van der Waals surface area contributed by atoms with Crippen molar-refractivity contribution in [3.8, 4) is 0 Å². The first-order valence-electron chi connectivity index (χ1n) is 6.71. The van der Waals surface area contributed by atoms with Crippen LogP contribution in [0.4, 0.5) is 5.82 Å². The van der Waals surface area contributed by atoms with Crippen molar-refractivity contribution >= 4 is 45.6 Å². The van der Waals surface area contributed by atoms with E-state index in [4.69, 9.17) is 11.6 Å². The number of nitrogens with one attached hydrogen (secondary N) is 2. The fourth-order valence-corrected chi connectivity index (χ4v) is 2.91. The van der Waals surface area contributed by atoms with Gasteiger partial charge < -0.3 is 10.6 Å². The summed E-state index contributed by atoms with van der Waals surface area (Å²) >= 11 is 7.04. The van der Waals surface area contributed by atoms with Gasteiger partial charge in [-0.2, -0.15) is 0 Å². The topological polar surface area (TPSA) is 66.9 Å². The van der Waals surface area contributed by atoms with Crippen LogP contribution >= 0.6 is 22.9 Å². The third kappa shape index (κ3) is 3.35. The van der Waals surface area contributed by atoms with Crippen LogP contribution in [-0.2, 0) is 0 Å². The number of fused-ring (bicyclic) bond motifs is 1. The molecule has 2 heterocycles. The van der Waals surface area contributed by atoms with Gasteiger partial charge in [0.05, 0.1) is 11.0 Å². The number of thiazole rings is 1. The Morgan fingerprint density at radius 1 is 1.18 bits per heavy atom. The van der Waals surface area contributed by atoms with E-state index in [1.165, 1.54) is 11.3 Å². The average Bonchev–Trinajstić information content (AvgIpc) is 2.97. The zero-order valence-corrected chi connectivity index (χ0v) is 13.1. The van der Waals surface area contributed by atoms with Gasteiger partial charge in [-0.3, -0.25) is 4.79 Å². The number of benzene rings is 1. The number of anilines is 1. The molecule has 3 aromatic rings. The summed E-state index contributed by atoms with van der Waals surface area (Å²) in [6.07, 6.45) is 0. The molecule has 3 rings (SSSR count). The zero-order valence-electron chi connectivity index (χ0n) is 11.5. The van der Waals surface area contributed by atoms with Crippen LogP contribution in [0.1, 0.15) is 9.67 Å². The van der Waals surface area contributed by atoms with Gasteiger partial charge in [-0.15, -0.1) is 11.3 Å². The molecule has 1 aromatic carbocycles. The van der Waals surface area contributed by atoms with Crippen molar-refractivity contribution in [1.29, 1.82) is 0 Å². The Balaban J connectivity index is 1.52. The van der Waals surface area contributed by atoms with Gasteiger partial charge in [0, 0.05) is 18.5 Å². The summed E-state index contributed by atoms with van der Waals surface area (Å²) in [6.45, 7) is 1.05. The Hall–Kier alpha value is -2.18. The van der Waals surface area contributed by atoms with E-state index in [2.05, 4.69) is 20.6 Å². The number of halogens is 1. The second-order valence-electron chi connectivity index (χ2n) is 4.54. The number of hydrogen-bond donors (Lipinski definition) is 2. The summed E-state index contributed by atoms with van der Waals surface area (Å²) in [5, 5.41) is 7.31. The summed E-state index contributed by atoms with van der Waals surface area (Å²) in [7, 11) is 0. The van der Waals surface area contributed by atoms with E-state index >= 15 is 0 Å². The lowest BCUT2D eigenvalue weighted by molar-refractivity contribution is 0.0959. The lowest BCUT2D eigenvalue weighted by Crippen LogP contribution is -2.28. The molecule has 2 N–H and O–H groups in total. The molecule has 0 bridgehead atoms. The molecule has 112 valence electrons. The normalized spacial score (nSPS) is 10.6. The van der Waals surface area contributed by atoms with E-state index < -0.39 is 0 Å². The number of aromatic nitrogens is 2. The Morgan fingerprint density at radius 2 is 2.05 bits per heavy atom. The highest BCUT2D eigenvalue weighted by Crippen LogP contribution is 2.18. The molecule has 5 nitrogen and oxygen atoms in total. The van der Waals surface area contributed by atoms with E-state index in [0.717, 1.165) is 16.7 Å². The van der Waals surface area contributed by atoms with Crippen molar-refractivity contribution in [3.63, 3.8) is 0 Å². The van der Waals surface area contributed by atoms with Crippen molar-refractivity contribution in [3.05, 3.63) is 51.9 Å². The number of rotatable bonds is 5. The fraction of sp³-hybridized carbons (Fsp3) is 0.133. The second-order valence-corrected chi connectivity index (χ2v) is 5.76. The Kier molecular flexibility index (Phi) is 4.50. The van der Waals surface area contributed by atoms with Crippen LogP contribution < -0.4 is 10.6 Å². The number of para-hydroxylation sites is 1. The third-order valence-electron chi connectivity index (χ3n) is 3.05. The molecular weight excluding hydrogens is 320 g/mol. The SMILES string of the molecule is O=C(NCCNc1ccc2ccccc2n1)c1scnc1Cl. The first-order chi connectivity index (χ1) is 10.7. The number of hydrogen-bond acceptors (Lipinski definition) is 5. The van der Waals surface area contributed by atoms with Gasteiger partial charge in [0.1, 0.15) is 10.7 Å². The Morgan fingerprint density at radius 3 is 2.86 bits per heavy atom. The number of nitrogens with zero attached hydrogens (tertiary/aromatic N) is 2. The molecule has 0 atom stereocenters. The smallest absolute Gasteiger partial charge is 0.264 e. The van der Waals surface area contributed by atoms with Gasteiger partial charge in [0.15, 0.2) is 5.15 Å². The van der Waals surface area contributed by atoms with Gasteiger partial charge in [-0.05, 0) is 18.2 Å². The van der Waals surface area contributed by atoms with Crippen LogP contribution in [0, 0.1) is 0 Å². The molecule has 22 heavy (non-hydrogen) atoms. The maximum atomic E-state index is 11.8. The molecule has 0 aliphatic heterocycles. The van der Waals surface area contributed by atoms with Gasteiger partial charge in [-0.1, -0.05) is 29.8 Å². The van der Waals surface area contributed by atoms with E-state index in [9.17, 15) is 4.79 Å². The molecule has 0 aliphatic carbocycles. The van der Waals surface area contributed by atoms with Gasteiger partial charge in [0.25, 0.3) is 5.91 Å². The molecule has 0 fully saturated rings. The quantitative estimate of drug-likeness (QED) is 0.704. The predicted molar refractivity (Wildman–Crippen MR) is 89.7 cm³/mol. The minimum Gasteiger partial charge on any atom is -0.368 e. The monoisotopic (exact) mass is 332 g/mol. The average molecular weight is 333 g/mol. The molecule has 0 spiro atoms. The van der Waals surface area contributed by atoms with Crippen molar-refractivity contribution in [1.82, 2.24) is 15.3 Å². The highest BCUT2D eigenvalue weighted by atomic mass is 35.5. The zero-order chi connectivity index (χ0) is 15.4. The van der Waals surface area contributed by atoms with E-state index in [0.29, 0.717) is 18.0 Å². The number of carbonyl (C=O) groups excluding carboxylic acids is 1. The van der Waals surface area contributed by atoms with Crippen LogP contribution in [-0.4, -0.2) is 29.0 Å². The summed E-state index contributed by atoms with van der Waals surface area (Å²) < 4.78 is 0. The van der Waals surface area contributed by atoms with Crippen LogP contribution in [0.15, 0.2) is 41.9 Å². The van der Waals surface area contributed by atoms with E-state index in [-0.39, 0.29) is 11.1 Å². The fourth-order valence-electron chi connectivity index (χ4n) is 1.99. The third-order valence-corrected chi connectivity index (χ3v) is 4.27. The van der Waals surface area contributed by atoms with Crippen molar-refractivity contribution < 1.29 is 4.79 Å². The molecule has 0 saturated heterocycles. The van der Waals surface area contributed by atoms with E-state index in [1.807, 2.05) is 36.4 Å². The largest absolute Gasteiger partial charge is 0.368 e. The molecule has 0 radical (unpaired) electrons. The summed E-state index contributed by atoms with van der Waals surface area (Å²) in [5.74, 6) is 0.574. The van der Waals surface area contributed by atoms with Crippen molar-refractivity contribution in [2.24, 2.45) is 0 Å². The Labute approximate surface area is 136 Å². The lowest BCUT2D eigenvalue weighted by Gasteiger charge is -2.07. The Bertz CT molecular complexity index is 805. The highest BCUT2D eigenvalue weighted by Gasteiger charge is 2.12. The predicted octanol–water partition coefficient (Wildman–Crippen LogP) is 3.19. The van der Waals surface area contributed by atoms with Gasteiger partial charge in [0.2, 0.25) is 0 Å². The van der Waals surface area contributed by atoms with Crippen molar-refractivity contribution in [2.75, 3.05) is 18.4 Å². The molecule has 2 aromatic heterocycles. The highest BCUT2D eigenvalue weighted by molar-refractivity contribution is 7.12. The van der Waals surface area contributed by atoms with Crippen LogP contribution in [0.3, 0.4) is 0 Å². The number of amides is 1. The number of pyridine rings is 1. The maximum Gasteiger partial charge on any atom is 0.264 e. The molecule has 7 heteroatoms. The van der Waals surface area contributed by atoms with Crippen LogP contribution in [0.5, 0.6) is 0 Å². The molecule has 0 unspecified atom stereocenters. The first kappa shape index (κ1) is 14.7. The first-order valence-corrected chi connectivity index (χ1v) is 7.96. The maximum absolute atomic E-state index is 11.8. The van der Waals surface area contributed by atoms with Crippen LogP contribution in [0.25, 0.3) is 10.9 Å². The summed E-state index contributed by atoms with van der Waals surface area (Å²) in [4.78, 5) is 20.6. The van der Waals surface area contributed by atoms with Crippen molar-refractivity contribution in [2.45, 2.75) is 0 Å². The molecule has 1 amide bonds. The summed E-state index contributed by atoms with van der Waals surface area (Å²) in [5.41, 5.74) is 2.49. The standard InChI is InChI=1S/C15H13ClN4OS/c16-14-13(22-9-19-14)15(21)18-8-7-17-12-6-5-10-3-1-2-4-11(10)20-12/h1-6,9H,7-8H2,(H,17,20)(H,18,21). The summed E-state index contributed by atoms with van der Waals surface area (Å²) in [6, 6.07) is 11.9. The lowest BCUT2D eigenvalue weighted by atomic mass is 10.2. The minimum atomic E-state index is -0.208. The minimum absolute atomic E-state index is 0.208. The molecule has 0 aliphatic rings. The van der Waals surface area contributed by atoms with Gasteiger partial charge >= 0.3 is 0 Å². The molecular formula is C15H13ClN4OS. The number of carbonyl (C=O) groups is 1. The van der Waals surface area contributed by atoms with E-state index in [1.54, 1.807) is 5.51 Å². The second kappa shape index (κ2) is 6.72. The van der Waals surface area contributed by atoms with Gasteiger partial charge in [-0.25, -0.2) is 9.97 Å². The van der Waals surface area contributed by atoms with Crippen LogP contribution in [0.2, 0.25) is 5.15 Å². The molecule has 0 saturated carbocycles.